The molecule has 0 aliphatic rings. The van der Waals surface area contributed by atoms with Crippen molar-refractivity contribution >= 4 is 43.9 Å². The summed E-state index contributed by atoms with van der Waals surface area (Å²) in [7, 11) is 0. The molecule has 8 aromatic rings. The SMILES string of the molecule is Cc1ccc(-n2c3ccc(-c4ccc5c(c4)c4[nH]ccc4n5-c4ccc(C)cc4)cc3c3[nH]ccc32)cc1. The molecule has 0 fully saturated rings. The molecular weight excluding hydrogens is 464 g/mol. The normalized spacial score (nSPS) is 11.9. The average Bonchev–Trinajstić information content (AvgIpc) is 3.71. The van der Waals surface area contributed by atoms with Gasteiger partial charge in [-0.25, -0.2) is 0 Å². The predicted octanol–water partition coefficient (Wildman–Crippen LogP) is 8.82. The van der Waals surface area contributed by atoms with Gasteiger partial charge in [0.25, 0.3) is 0 Å². The minimum absolute atomic E-state index is 1.17. The highest BCUT2D eigenvalue weighted by Gasteiger charge is 2.16. The van der Waals surface area contributed by atoms with E-state index in [-0.39, 0.29) is 0 Å². The summed E-state index contributed by atoms with van der Waals surface area (Å²) in [6, 6.07) is 35.5. The lowest BCUT2D eigenvalue weighted by Crippen LogP contribution is -1.93. The van der Waals surface area contributed by atoms with E-state index >= 15 is 0 Å². The summed E-state index contributed by atoms with van der Waals surface area (Å²) < 4.78 is 4.69. The van der Waals surface area contributed by atoms with Gasteiger partial charge in [-0.2, -0.15) is 0 Å². The first-order valence-electron chi connectivity index (χ1n) is 13.0. The summed E-state index contributed by atoms with van der Waals surface area (Å²) in [5.74, 6) is 0. The highest BCUT2D eigenvalue weighted by molar-refractivity contribution is 6.11. The Labute approximate surface area is 219 Å². The van der Waals surface area contributed by atoms with E-state index in [2.05, 4.69) is 130 Å². The molecule has 4 heterocycles. The molecule has 2 N–H and O–H groups in total. The highest BCUT2D eigenvalue weighted by Crippen LogP contribution is 2.37. The monoisotopic (exact) mass is 490 g/mol. The van der Waals surface area contributed by atoms with Gasteiger partial charge in [-0.1, -0.05) is 47.5 Å². The summed E-state index contributed by atoms with van der Waals surface area (Å²) >= 11 is 0. The maximum Gasteiger partial charge on any atom is 0.0720 e. The molecule has 0 atom stereocenters. The Bertz CT molecular complexity index is 1970. The van der Waals surface area contributed by atoms with Crippen LogP contribution in [0.2, 0.25) is 0 Å². The molecule has 0 radical (unpaired) electrons. The molecular formula is C34H26N4. The molecule has 0 aliphatic carbocycles. The molecule has 0 aliphatic heterocycles. The zero-order valence-electron chi connectivity index (χ0n) is 21.3. The molecule has 0 unspecified atom stereocenters. The summed E-state index contributed by atoms with van der Waals surface area (Å²) in [5, 5.41) is 2.45. The van der Waals surface area contributed by atoms with Crippen LogP contribution in [0.1, 0.15) is 11.1 Å². The maximum atomic E-state index is 3.49. The number of rotatable bonds is 3. The number of H-pyrrole nitrogens is 2. The number of fused-ring (bicyclic) bond motifs is 6. The van der Waals surface area contributed by atoms with E-state index in [4.69, 9.17) is 0 Å². The van der Waals surface area contributed by atoms with Crippen LogP contribution < -0.4 is 0 Å². The number of aryl methyl sites for hydroxylation is 2. The Kier molecular flexibility index (Phi) is 4.32. The van der Waals surface area contributed by atoms with Crippen LogP contribution in [0.15, 0.2) is 109 Å². The van der Waals surface area contributed by atoms with Crippen molar-refractivity contribution in [2.75, 3.05) is 0 Å². The minimum Gasteiger partial charge on any atom is -0.359 e. The standard InChI is InChI=1S/C34H26N4/c1-21-3-9-25(10-4-21)37-29-13-7-23(19-27(29)33-31(37)15-17-35-33)24-8-14-30-28(20-24)34-32(16-18-36-34)38(30)26-11-5-22(2)6-12-26/h3-20,35-36H,1-2H3. The fourth-order valence-electron chi connectivity index (χ4n) is 5.95. The maximum absolute atomic E-state index is 3.49. The molecule has 38 heavy (non-hydrogen) atoms. The number of aromatic amines is 2. The number of nitrogens with one attached hydrogen (secondary N) is 2. The van der Waals surface area contributed by atoms with Crippen molar-refractivity contribution in [3.8, 4) is 22.5 Å². The van der Waals surface area contributed by atoms with E-state index < -0.39 is 0 Å². The number of nitrogens with zero attached hydrogens (tertiary/aromatic N) is 2. The second kappa shape index (κ2) is 7.77. The van der Waals surface area contributed by atoms with Gasteiger partial charge in [-0.15, -0.1) is 0 Å². The van der Waals surface area contributed by atoms with Gasteiger partial charge in [0.1, 0.15) is 0 Å². The fourth-order valence-corrected chi connectivity index (χ4v) is 5.95. The molecule has 182 valence electrons. The Hall–Kier alpha value is -4.96. The van der Waals surface area contributed by atoms with Crippen LogP contribution in [0.3, 0.4) is 0 Å². The topological polar surface area (TPSA) is 41.4 Å². The van der Waals surface area contributed by atoms with Crippen LogP contribution in [0.5, 0.6) is 0 Å². The Morgan fingerprint density at radius 2 is 0.868 bits per heavy atom. The van der Waals surface area contributed by atoms with Crippen molar-refractivity contribution in [2.45, 2.75) is 13.8 Å². The van der Waals surface area contributed by atoms with Crippen LogP contribution in [-0.2, 0) is 0 Å². The van der Waals surface area contributed by atoms with E-state index in [9.17, 15) is 0 Å². The molecule has 0 amide bonds. The van der Waals surface area contributed by atoms with E-state index in [1.165, 1.54) is 77.5 Å². The second-order valence-corrected chi connectivity index (χ2v) is 10.3. The van der Waals surface area contributed by atoms with Crippen LogP contribution in [-0.4, -0.2) is 19.1 Å². The first-order chi connectivity index (χ1) is 18.7. The van der Waals surface area contributed by atoms with Crippen molar-refractivity contribution in [3.63, 3.8) is 0 Å². The van der Waals surface area contributed by atoms with Crippen molar-refractivity contribution < 1.29 is 0 Å². The van der Waals surface area contributed by atoms with E-state index in [1.54, 1.807) is 0 Å². The summed E-state index contributed by atoms with van der Waals surface area (Å²) in [6.45, 7) is 4.25. The number of benzene rings is 4. The van der Waals surface area contributed by atoms with E-state index in [0.29, 0.717) is 0 Å². The minimum atomic E-state index is 1.17. The zero-order chi connectivity index (χ0) is 25.4. The molecule has 0 bridgehead atoms. The third-order valence-electron chi connectivity index (χ3n) is 7.86. The van der Waals surface area contributed by atoms with Gasteiger partial charge in [-0.05, 0) is 85.6 Å². The van der Waals surface area contributed by atoms with Crippen LogP contribution in [0, 0.1) is 13.8 Å². The number of hydrogen-bond acceptors (Lipinski definition) is 0. The van der Waals surface area contributed by atoms with Crippen LogP contribution >= 0.6 is 0 Å². The van der Waals surface area contributed by atoms with Crippen molar-refractivity contribution in [3.05, 3.63) is 121 Å². The number of aromatic nitrogens is 4. The Morgan fingerprint density at radius 1 is 0.447 bits per heavy atom. The van der Waals surface area contributed by atoms with Gasteiger partial charge in [0, 0.05) is 34.5 Å². The summed E-state index contributed by atoms with van der Waals surface area (Å²) in [6.07, 6.45) is 4.06. The average molecular weight is 491 g/mol. The predicted molar refractivity (Wildman–Crippen MR) is 159 cm³/mol. The smallest absolute Gasteiger partial charge is 0.0720 e. The van der Waals surface area contributed by atoms with Gasteiger partial charge in [0.15, 0.2) is 0 Å². The zero-order valence-corrected chi connectivity index (χ0v) is 21.3. The van der Waals surface area contributed by atoms with Gasteiger partial charge >= 0.3 is 0 Å². The highest BCUT2D eigenvalue weighted by atomic mass is 15.0. The third-order valence-corrected chi connectivity index (χ3v) is 7.86. The molecule has 0 saturated carbocycles. The molecule has 4 heteroatoms. The van der Waals surface area contributed by atoms with Gasteiger partial charge < -0.3 is 19.1 Å². The van der Waals surface area contributed by atoms with Gasteiger partial charge in [0.05, 0.1) is 33.1 Å². The lowest BCUT2D eigenvalue weighted by atomic mass is 10.0. The van der Waals surface area contributed by atoms with Gasteiger partial charge in [0.2, 0.25) is 0 Å². The first-order valence-corrected chi connectivity index (χ1v) is 13.0. The van der Waals surface area contributed by atoms with Crippen molar-refractivity contribution in [1.82, 2.24) is 19.1 Å². The van der Waals surface area contributed by atoms with Crippen LogP contribution in [0.4, 0.5) is 0 Å². The molecule has 4 nitrogen and oxygen atoms in total. The first kappa shape index (κ1) is 21.2. The van der Waals surface area contributed by atoms with Crippen molar-refractivity contribution in [2.24, 2.45) is 0 Å². The molecule has 0 saturated heterocycles. The Balaban J connectivity index is 1.32. The summed E-state index contributed by atoms with van der Waals surface area (Å²) in [5.41, 5.74) is 14.4. The molecule has 4 aromatic heterocycles. The van der Waals surface area contributed by atoms with E-state index in [0.717, 1.165) is 0 Å². The molecule has 8 rings (SSSR count). The van der Waals surface area contributed by atoms with Crippen molar-refractivity contribution in [1.29, 1.82) is 0 Å². The van der Waals surface area contributed by atoms with E-state index in [1.807, 2.05) is 12.4 Å². The summed E-state index contributed by atoms with van der Waals surface area (Å²) in [4.78, 5) is 6.98. The van der Waals surface area contributed by atoms with Gasteiger partial charge in [-0.3, -0.25) is 0 Å². The second-order valence-electron chi connectivity index (χ2n) is 10.3. The molecule has 4 aromatic carbocycles. The lowest BCUT2D eigenvalue weighted by Gasteiger charge is -2.09. The largest absolute Gasteiger partial charge is 0.359 e. The fraction of sp³-hybridized carbons (Fsp3) is 0.0588. The number of hydrogen-bond donors (Lipinski definition) is 2. The third kappa shape index (κ3) is 2.97. The molecule has 0 spiro atoms. The van der Waals surface area contributed by atoms with Crippen LogP contribution in [0.25, 0.3) is 66.4 Å². The quantitative estimate of drug-likeness (QED) is 0.248. The Morgan fingerprint density at radius 3 is 1.29 bits per heavy atom. The lowest BCUT2D eigenvalue weighted by molar-refractivity contribution is 1.18.